The van der Waals surface area contributed by atoms with Crippen LogP contribution < -0.4 is 0 Å². The van der Waals surface area contributed by atoms with Gasteiger partial charge in [-0.05, 0) is 84.9 Å². The molecule has 0 aliphatic rings. The second-order valence-electron chi connectivity index (χ2n) is 10.1. The topological polar surface area (TPSA) is 92.0 Å². The zero-order chi connectivity index (χ0) is 27.4. The first kappa shape index (κ1) is 25.0. The van der Waals surface area contributed by atoms with Crippen LogP contribution in [0, 0.1) is 0 Å². The van der Waals surface area contributed by atoms with Crippen molar-refractivity contribution in [3.8, 4) is 0 Å². The highest BCUT2D eigenvalue weighted by molar-refractivity contribution is 5.23. The number of hydrogen-bond donors (Lipinski definition) is 0. The lowest BCUT2D eigenvalue weighted by atomic mass is 10.2. The smallest absolute Gasteiger partial charge is 0.111 e. The van der Waals surface area contributed by atoms with Crippen molar-refractivity contribution in [2.45, 2.75) is 38.5 Å². The van der Waals surface area contributed by atoms with Crippen molar-refractivity contribution in [2.24, 2.45) is 0 Å². The Bertz CT molecular complexity index is 1670. The Hall–Kier alpha value is -5.04. The van der Waals surface area contributed by atoms with Crippen LogP contribution >= 0.6 is 0 Å². The molecule has 0 saturated carbocycles. The summed E-state index contributed by atoms with van der Waals surface area (Å²) in [7, 11) is 0. The van der Waals surface area contributed by atoms with Crippen molar-refractivity contribution in [3.05, 3.63) is 167 Å². The van der Waals surface area contributed by atoms with Crippen LogP contribution in [0.2, 0.25) is 0 Å². The lowest BCUT2D eigenvalue weighted by Crippen LogP contribution is -1.86. The molecule has 7 heterocycles. The fourth-order valence-electron chi connectivity index (χ4n) is 4.92. The van der Waals surface area contributed by atoms with Gasteiger partial charge in [-0.2, -0.15) is 0 Å². The minimum atomic E-state index is 0.574. The first-order valence-electron chi connectivity index (χ1n) is 13.6. The average Bonchev–Trinajstić information content (AvgIpc) is 3.80. The maximum absolute atomic E-state index is 6.08. The van der Waals surface area contributed by atoms with Gasteiger partial charge in [-0.1, -0.05) is 0 Å². The quantitative estimate of drug-likeness (QED) is 0.151. The summed E-state index contributed by atoms with van der Waals surface area (Å²) in [5, 5.41) is 0. The molecule has 0 saturated heterocycles. The maximum atomic E-state index is 6.08. The first-order chi connectivity index (χ1) is 20.2. The molecule has 41 heavy (non-hydrogen) atoms. The van der Waals surface area contributed by atoms with E-state index in [-0.39, 0.29) is 0 Å². The van der Waals surface area contributed by atoms with Gasteiger partial charge in [0.15, 0.2) is 0 Å². The van der Waals surface area contributed by atoms with Gasteiger partial charge >= 0.3 is 0 Å². The Kier molecular flexibility index (Phi) is 6.83. The number of rotatable bonds is 12. The molecule has 0 fully saturated rings. The molecular weight excluding hydrogens is 520 g/mol. The minimum Gasteiger partial charge on any atom is -0.469 e. The fraction of sp³-hybridized carbons (Fsp3) is 0.176. The molecule has 0 aliphatic carbocycles. The van der Waals surface area contributed by atoms with Crippen LogP contribution in [0.3, 0.4) is 0 Å². The highest BCUT2D eigenvalue weighted by Crippen LogP contribution is 2.23. The van der Waals surface area contributed by atoms with Crippen LogP contribution in [-0.2, 0) is 38.5 Å². The summed E-state index contributed by atoms with van der Waals surface area (Å²) in [6.45, 7) is 0. The molecule has 7 aromatic rings. The van der Waals surface area contributed by atoms with E-state index in [9.17, 15) is 0 Å². The molecule has 7 aromatic heterocycles. The molecule has 7 rings (SSSR count). The average molecular weight is 549 g/mol. The number of hydrogen-bond acceptors (Lipinski definition) is 7. The van der Waals surface area contributed by atoms with E-state index >= 15 is 0 Å². The maximum Gasteiger partial charge on any atom is 0.111 e. The third-order valence-corrected chi connectivity index (χ3v) is 6.84. The van der Waals surface area contributed by atoms with Crippen LogP contribution in [0.5, 0.6) is 0 Å². The van der Waals surface area contributed by atoms with Crippen LogP contribution in [0.4, 0.5) is 0 Å². The summed E-state index contributed by atoms with van der Waals surface area (Å²) in [4.78, 5) is 0. The molecule has 0 radical (unpaired) electrons. The van der Waals surface area contributed by atoms with Crippen molar-refractivity contribution in [1.82, 2.24) is 0 Å². The Balaban J connectivity index is 0.911. The standard InChI is InChI=1S/C34H28O7/c1-3-23(35-15-1)17-25-5-7-27(37-25)19-29-9-11-31(39-29)21-33-13-14-34(41-33)22-32-12-10-30(40-32)20-28-8-6-26(38-28)18-24-4-2-16-36-24/h1-16H,17-22H2. The predicted octanol–water partition coefficient (Wildman–Crippen LogP) is 8.38. The lowest BCUT2D eigenvalue weighted by molar-refractivity contribution is 0.413. The normalized spacial score (nSPS) is 11.5. The largest absolute Gasteiger partial charge is 0.469 e. The molecule has 0 amide bonds. The van der Waals surface area contributed by atoms with E-state index in [2.05, 4.69) is 0 Å². The zero-order valence-corrected chi connectivity index (χ0v) is 22.3. The first-order valence-corrected chi connectivity index (χ1v) is 13.6. The van der Waals surface area contributed by atoms with Gasteiger partial charge in [-0.15, -0.1) is 0 Å². The van der Waals surface area contributed by atoms with Crippen molar-refractivity contribution < 1.29 is 30.9 Å². The molecule has 206 valence electrons. The minimum absolute atomic E-state index is 0.574. The van der Waals surface area contributed by atoms with E-state index < -0.39 is 0 Å². The van der Waals surface area contributed by atoms with Gasteiger partial charge in [-0.3, -0.25) is 0 Å². The summed E-state index contributed by atoms with van der Waals surface area (Å²) in [6, 6.07) is 27.5. The summed E-state index contributed by atoms with van der Waals surface area (Å²) in [6.07, 6.45) is 6.93. The highest BCUT2D eigenvalue weighted by Gasteiger charge is 2.13. The molecule has 0 atom stereocenters. The summed E-state index contributed by atoms with van der Waals surface area (Å²) in [5.74, 6) is 10.2. The van der Waals surface area contributed by atoms with Gasteiger partial charge in [-0.25, -0.2) is 0 Å². The third-order valence-electron chi connectivity index (χ3n) is 6.84. The Morgan fingerprint density at radius 2 is 0.488 bits per heavy atom. The van der Waals surface area contributed by atoms with E-state index in [0.717, 1.165) is 69.1 Å². The van der Waals surface area contributed by atoms with E-state index in [1.54, 1.807) is 12.5 Å². The molecule has 7 nitrogen and oxygen atoms in total. The Morgan fingerprint density at radius 3 is 0.683 bits per heavy atom. The van der Waals surface area contributed by atoms with Gasteiger partial charge in [0.05, 0.1) is 51.1 Å². The highest BCUT2D eigenvalue weighted by atomic mass is 16.4. The van der Waals surface area contributed by atoms with E-state index in [1.807, 2.05) is 84.9 Å². The van der Waals surface area contributed by atoms with Gasteiger partial charge < -0.3 is 30.9 Å². The Labute approximate surface area is 236 Å². The van der Waals surface area contributed by atoms with Gasteiger partial charge in [0, 0.05) is 0 Å². The second-order valence-corrected chi connectivity index (χ2v) is 10.1. The summed E-state index contributed by atoms with van der Waals surface area (Å²) in [5.41, 5.74) is 0. The molecular formula is C34H28O7. The van der Waals surface area contributed by atoms with E-state index in [4.69, 9.17) is 30.9 Å². The zero-order valence-electron chi connectivity index (χ0n) is 22.3. The van der Waals surface area contributed by atoms with Gasteiger partial charge in [0.1, 0.15) is 69.1 Å². The lowest BCUT2D eigenvalue weighted by Gasteiger charge is -1.97. The monoisotopic (exact) mass is 548 g/mol. The fourth-order valence-corrected chi connectivity index (χ4v) is 4.92. The van der Waals surface area contributed by atoms with Gasteiger partial charge in [0.2, 0.25) is 0 Å². The van der Waals surface area contributed by atoms with Crippen molar-refractivity contribution >= 4 is 0 Å². The molecule has 0 aromatic carbocycles. The second kappa shape index (κ2) is 11.2. The number of furan rings is 7. The summed E-state index contributed by atoms with van der Waals surface area (Å²) < 4.78 is 40.9. The molecule has 7 heteroatoms. The third kappa shape index (κ3) is 6.25. The molecule has 0 aliphatic heterocycles. The summed E-state index contributed by atoms with van der Waals surface area (Å²) >= 11 is 0. The van der Waals surface area contributed by atoms with Crippen LogP contribution in [0.1, 0.15) is 69.1 Å². The van der Waals surface area contributed by atoms with Crippen LogP contribution in [0.15, 0.2) is 128 Å². The Morgan fingerprint density at radius 1 is 0.268 bits per heavy atom. The van der Waals surface area contributed by atoms with Crippen molar-refractivity contribution in [2.75, 3.05) is 0 Å². The molecule has 0 spiro atoms. The van der Waals surface area contributed by atoms with Crippen molar-refractivity contribution in [3.63, 3.8) is 0 Å². The van der Waals surface area contributed by atoms with E-state index in [0.29, 0.717) is 38.5 Å². The molecule has 0 N–H and O–H groups in total. The molecule has 0 bridgehead atoms. The van der Waals surface area contributed by atoms with Crippen molar-refractivity contribution in [1.29, 1.82) is 0 Å². The van der Waals surface area contributed by atoms with E-state index in [1.165, 1.54) is 0 Å². The van der Waals surface area contributed by atoms with Crippen LogP contribution in [-0.4, -0.2) is 0 Å². The molecule has 0 unspecified atom stereocenters. The van der Waals surface area contributed by atoms with Crippen LogP contribution in [0.25, 0.3) is 0 Å². The van der Waals surface area contributed by atoms with Gasteiger partial charge in [0.25, 0.3) is 0 Å². The SMILES string of the molecule is c1coc(Cc2ccc(Cc3ccc(Cc4ccc(Cc5ccc(Cc6ccc(Cc7ccco7)o6)o5)o4)o3)o2)c1. The predicted molar refractivity (Wildman–Crippen MR) is 148 cm³/mol.